The van der Waals surface area contributed by atoms with Gasteiger partial charge in [0, 0.05) is 142 Å². The van der Waals surface area contributed by atoms with Gasteiger partial charge >= 0.3 is 23.9 Å². The van der Waals surface area contributed by atoms with Crippen molar-refractivity contribution in [2.75, 3.05) is 82.3 Å². The number of carbonyl (C=O) groups excluding carboxylic acids is 8. The Morgan fingerprint density at radius 2 is 1.45 bits per heavy atom. The number of carboxylic acids is 4. The van der Waals surface area contributed by atoms with Crippen molar-refractivity contribution in [3.8, 4) is 5.75 Å². The van der Waals surface area contributed by atoms with Crippen LogP contribution in [0.2, 0.25) is 5.02 Å². The number of amides is 4. The number of aliphatic carboxylic acids is 4. The van der Waals surface area contributed by atoms with E-state index in [1.54, 1.807) is 52.1 Å². The lowest BCUT2D eigenvalue weighted by atomic mass is 9.89. The van der Waals surface area contributed by atoms with Gasteiger partial charge in [0.2, 0.25) is 23.6 Å². The van der Waals surface area contributed by atoms with E-state index in [4.69, 9.17) is 23.8 Å². The zero-order valence-corrected chi connectivity index (χ0v) is 59.6. The van der Waals surface area contributed by atoms with Crippen LogP contribution in [0.1, 0.15) is 88.8 Å². The minimum absolute atomic E-state index is 0.0105. The van der Waals surface area contributed by atoms with Crippen molar-refractivity contribution in [3.05, 3.63) is 94.6 Å². The first-order valence-electron chi connectivity index (χ1n) is 33.5. The van der Waals surface area contributed by atoms with Crippen LogP contribution in [0.4, 0.5) is 5.69 Å². The van der Waals surface area contributed by atoms with Crippen molar-refractivity contribution in [1.82, 2.24) is 45.9 Å². The number of H-pyrrole nitrogens is 1. The summed E-state index contributed by atoms with van der Waals surface area (Å²) in [4.78, 5) is 173. The number of Topliss-reactive ketones (excluding diaryl/α,β-unsaturated/α-hetero) is 4. The van der Waals surface area contributed by atoms with E-state index < -0.39 is 164 Å². The molecule has 4 aromatic rings. The van der Waals surface area contributed by atoms with Gasteiger partial charge in [0.25, 0.3) is 0 Å². The number of phenolic OH excluding ortho intramolecular Hbond substituents is 1. The minimum Gasteiger partial charge on any atom is -0.506 e. The second-order valence-corrected chi connectivity index (χ2v) is 29.7. The van der Waals surface area contributed by atoms with E-state index in [9.17, 15) is 73.8 Å². The first-order chi connectivity index (χ1) is 48.0. The highest BCUT2D eigenvalue weighted by molar-refractivity contribution is 8.76. The number of fused-ring (bicyclic) bond motifs is 2. The lowest BCUT2D eigenvalue weighted by Crippen LogP contribution is -2.54. The van der Waals surface area contributed by atoms with E-state index in [1.165, 1.54) is 18.2 Å². The normalized spacial score (nSPS) is 22.1. The molecule has 101 heavy (non-hydrogen) atoms. The maximum Gasteiger partial charge on any atom is 0.317 e. The third-order valence-electron chi connectivity index (χ3n) is 18.0. The van der Waals surface area contributed by atoms with Crippen molar-refractivity contribution >= 4 is 138 Å². The number of aliphatic hydroxyl groups is 1. The van der Waals surface area contributed by atoms with Gasteiger partial charge in [-0.05, 0) is 90.8 Å². The Morgan fingerprint density at radius 3 is 2.13 bits per heavy atom. The van der Waals surface area contributed by atoms with Crippen LogP contribution in [0.25, 0.3) is 10.9 Å². The Balaban J connectivity index is 1.16. The molecule has 3 aliphatic heterocycles. The third-order valence-corrected chi connectivity index (χ3v) is 21.0. The number of aromatic nitrogens is 1. The van der Waals surface area contributed by atoms with E-state index in [-0.39, 0.29) is 130 Å². The maximum absolute atomic E-state index is 15.2. The van der Waals surface area contributed by atoms with E-state index in [1.807, 2.05) is 38.1 Å². The summed E-state index contributed by atoms with van der Waals surface area (Å²) < 4.78 is 0. The number of aliphatic hydroxyl groups excluding tert-OH is 1. The van der Waals surface area contributed by atoms with Crippen LogP contribution in [0.15, 0.2) is 72.9 Å². The smallest absolute Gasteiger partial charge is 0.317 e. The van der Waals surface area contributed by atoms with E-state index in [0.717, 1.165) is 43.0 Å². The number of benzene rings is 3. The van der Waals surface area contributed by atoms with Gasteiger partial charge in [-0.25, -0.2) is 0 Å². The highest BCUT2D eigenvalue weighted by Gasteiger charge is 2.44. The number of aromatic hydroxyl groups is 1. The van der Waals surface area contributed by atoms with Gasteiger partial charge in [0.1, 0.15) is 11.8 Å². The highest BCUT2D eigenvalue weighted by atomic mass is 35.5. The molecule has 0 aliphatic carbocycles. The third kappa shape index (κ3) is 25.2. The molecule has 3 saturated heterocycles. The number of nitrogens with one attached hydrogen (secondary N) is 6. The molecule has 4 amide bonds. The number of nitrogens with zero attached hydrogens (tertiary/aromatic N) is 4. The summed E-state index contributed by atoms with van der Waals surface area (Å²) in [6.45, 7) is 4.39. The average molecular weight is 1480 g/mol. The molecule has 3 aromatic carbocycles. The summed E-state index contributed by atoms with van der Waals surface area (Å²) in [5, 5.41) is 75.8. The number of carboxylic acid groups (broad SMARTS) is 4. The number of thiocarbonyl (C=S) groups is 1. The molecule has 548 valence electrons. The van der Waals surface area contributed by atoms with Gasteiger partial charge in [-0.1, -0.05) is 90.4 Å². The van der Waals surface area contributed by atoms with Crippen LogP contribution < -0.4 is 26.6 Å². The molecule has 0 radical (unpaired) electrons. The van der Waals surface area contributed by atoms with Crippen LogP contribution in [-0.4, -0.2) is 244 Å². The molecule has 0 bridgehead atoms. The molecule has 32 heteroatoms. The van der Waals surface area contributed by atoms with E-state index in [2.05, 4.69) is 31.6 Å². The van der Waals surface area contributed by atoms with Gasteiger partial charge in [0.15, 0.2) is 28.2 Å². The fourth-order valence-corrected chi connectivity index (χ4v) is 15.7. The number of anilines is 1. The summed E-state index contributed by atoms with van der Waals surface area (Å²) in [6.07, 6.45) is -1.83. The Labute approximate surface area is 602 Å². The van der Waals surface area contributed by atoms with Gasteiger partial charge in [-0.15, -0.1) is 0 Å². The molecular formula is C69H89ClN10O18S3. The molecule has 1 unspecified atom stereocenters. The fourth-order valence-electron chi connectivity index (χ4n) is 12.8. The monoisotopic (exact) mass is 1480 g/mol. The Kier molecular flexibility index (Phi) is 30.9. The summed E-state index contributed by atoms with van der Waals surface area (Å²) in [6, 6.07) is 12.8. The van der Waals surface area contributed by atoms with Crippen molar-refractivity contribution in [3.63, 3.8) is 0 Å². The second kappa shape index (κ2) is 38.8. The second-order valence-electron chi connectivity index (χ2n) is 26.3. The lowest BCUT2D eigenvalue weighted by molar-refractivity contribution is -0.142. The van der Waals surface area contributed by atoms with Crippen LogP contribution in [0.5, 0.6) is 5.75 Å². The van der Waals surface area contributed by atoms with Crippen LogP contribution in [0, 0.1) is 23.7 Å². The van der Waals surface area contributed by atoms with Gasteiger partial charge < -0.3 is 67.1 Å². The first kappa shape index (κ1) is 80.3. The topological polar surface area (TPSA) is 415 Å². The van der Waals surface area contributed by atoms with E-state index >= 15 is 14.4 Å². The lowest BCUT2D eigenvalue weighted by Gasteiger charge is -2.33. The van der Waals surface area contributed by atoms with Gasteiger partial charge in [-0.3, -0.25) is 72.2 Å². The molecule has 28 nitrogen and oxygen atoms in total. The zero-order valence-electron chi connectivity index (χ0n) is 56.4. The molecule has 7 rings (SSSR count). The Bertz CT molecular complexity index is 3660. The quantitative estimate of drug-likeness (QED) is 0.0314. The maximum atomic E-state index is 15.2. The number of halogens is 1. The fraction of sp³-hybridized carbons (Fsp3) is 0.522. The van der Waals surface area contributed by atoms with E-state index in [0.29, 0.717) is 16.8 Å². The molecule has 9 atom stereocenters. The predicted octanol–water partition coefficient (Wildman–Crippen LogP) is 3.81. The van der Waals surface area contributed by atoms with Crippen molar-refractivity contribution in [2.45, 2.75) is 128 Å². The van der Waals surface area contributed by atoms with Crippen LogP contribution >= 0.6 is 45.4 Å². The molecule has 3 aliphatic rings. The molecule has 0 spiro atoms. The molecule has 12 N–H and O–H groups in total. The van der Waals surface area contributed by atoms with Gasteiger partial charge in [-0.2, -0.15) is 0 Å². The number of hydrogen-bond donors (Lipinski definition) is 12. The molecule has 0 saturated carbocycles. The Hall–Kier alpha value is -8.04. The minimum atomic E-state index is -1.54. The molecular weight excluding hydrogens is 1390 g/mol. The number of hydrogen-bond acceptors (Lipinski definition) is 20. The van der Waals surface area contributed by atoms with Gasteiger partial charge in [0.05, 0.1) is 55.4 Å². The standard InChI is InChI=1S/C69H89ClN10O18S3/c1-4-57(83)54-37-100-101-38-55(68(98)80-33-49(82)29-56(80)60(86)28-44(22-41-11-15-58(84)51(70)24-41)65(95)72-31-48(81)25-43(21-39(2)3)67(97)74-54)75-66(96)42(12-16-61(87)88)27-59(85)53(26-45-30-71-52-8-6-5-7-50(45)52)76-69(99)73-46-13-9-40(10-14-46)23-47-32-78(35-63(91)92)18-17-77(34-62(89)90)19-20-79(47)36-64(93)94/h5-11,13-15,24,30,39,42-44,47,49,53-56,71,82,84H,4,12,16-23,25-29,31-38H2,1-3H3,(H,72,95)(H,74,97)(H,75,96)(H,87,88)(H,89,90)(H,91,92)(H,93,94)(H2,73,76,99)/t42-,43+,44+,47?,49+,53-,54-,55-,56-/m0/s1. The highest BCUT2D eigenvalue weighted by Crippen LogP contribution is 2.31. The average Bonchev–Trinajstić information content (AvgIpc) is 1.72. The van der Waals surface area contributed by atoms with Crippen molar-refractivity contribution in [1.29, 1.82) is 0 Å². The Morgan fingerprint density at radius 1 is 0.772 bits per heavy atom. The van der Waals surface area contributed by atoms with Crippen LogP contribution in [-0.2, 0) is 76.8 Å². The zero-order chi connectivity index (χ0) is 73.6. The first-order valence-corrected chi connectivity index (χ1v) is 36.8. The largest absolute Gasteiger partial charge is 0.506 e. The summed E-state index contributed by atoms with van der Waals surface area (Å²) in [5.74, 6) is -13.9. The number of ketones is 4. The number of para-hydroxylation sites is 1. The predicted molar refractivity (Wildman–Crippen MR) is 382 cm³/mol. The SMILES string of the molecule is CCC(=O)[C@@H]1CSSC[C@H](NC(=O)[C@@H](CCC(=O)O)CC(=O)[C@H](Cc2c[nH]c3ccccc23)NC(=S)Nc2ccc(CC3CN(CC(=O)O)CCN(CC(=O)O)CCN3CC(=O)O)cc2)C(=O)N2C[C@H](O)C[C@H]2C(=O)C[C@@H](Cc2ccc(O)c(Cl)c2)C(=O)NCC(=O)C[C@@H](CC(C)C)C(=O)N1. The molecule has 1 aromatic heterocycles. The number of rotatable bonds is 26. The summed E-state index contributed by atoms with van der Waals surface area (Å²) in [7, 11) is 2.11. The number of carbonyl (C=O) groups is 12. The van der Waals surface area contributed by atoms with Crippen molar-refractivity contribution < 1.29 is 88.2 Å². The molecule has 3 fully saturated rings. The number of phenols is 1. The van der Waals surface area contributed by atoms with Crippen molar-refractivity contribution in [2.24, 2.45) is 23.7 Å². The summed E-state index contributed by atoms with van der Waals surface area (Å²) in [5.41, 5.74) is 3.04. The molecule has 4 heterocycles. The summed E-state index contributed by atoms with van der Waals surface area (Å²) >= 11 is 12.1. The number of aromatic amines is 1. The van der Waals surface area contributed by atoms with Crippen LogP contribution in [0.3, 0.4) is 0 Å².